The molecule has 2 aromatic carbocycles. The van der Waals surface area contributed by atoms with Crippen LogP contribution in [0.5, 0.6) is 5.75 Å². The summed E-state index contributed by atoms with van der Waals surface area (Å²) in [6.45, 7) is 4.00. The number of hydrogen-bond donors (Lipinski definition) is 2. The number of amides is 2. The lowest BCUT2D eigenvalue weighted by Gasteiger charge is -2.21. The largest absolute Gasteiger partial charge is 0.508 e. The highest BCUT2D eigenvalue weighted by atomic mass is 35.5. The van der Waals surface area contributed by atoms with Crippen LogP contribution in [0.1, 0.15) is 37.4 Å². The number of aromatic hydroxyl groups is 1. The van der Waals surface area contributed by atoms with Crippen LogP contribution in [0, 0.1) is 13.8 Å². The topological polar surface area (TPSA) is 83.6 Å². The molecule has 0 aromatic heterocycles. The molecule has 0 bridgehead atoms. The van der Waals surface area contributed by atoms with E-state index in [1.54, 1.807) is 36.4 Å². The molecule has 0 fully saturated rings. The van der Waals surface area contributed by atoms with Gasteiger partial charge >= 0.3 is 0 Å². The maximum Gasteiger partial charge on any atom is 0.261 e. The van der Waals surface area contributed by atoms with Gasteiger partial charge in [0.2, 0.25) is 0 Å². The van der Waals surface area contributed by atoms with Crippen molar-refractivity contribution in [3.05, 3.63) is 64.2 Å². The van der Waals surface area contributed by atoms with E-state index in [1.165, 1.54) is 4.90 Å². The lowest BCUT2D eigenvalue weighted by atomic mass is 9.96. The van der Waals surface area contributed by atoms with Gasteiger partial charge in [-0.05, 0) is 61.2 Å². The fourth-order valence-corrected chi connectivity index (χ4v) is 3.26. The van der Waals surface area contributed by atoms with Gasteiger partial charge in [0.05, 0.1) is 11.1 Å². The van der Waals surface area contributed by atoms with Crippen LogP contribution in [0.15, 0.2) is 36.4 Å². The average Bonchev–Trinajstić information content (AvgIpc) is 2.76. The number of nitrogens with zero attached hydrogens (tertiary/aromatic N) is 1. The van der Waals surface area contributed by atoms with Gasteiger partial charge in [0.25, 0.3) is 11.8 Å². The Bertz CT molecular complexity index is 777. The SMILES string of the molecule is Cc1cc(O)cc(C)c1C[C@H](N)CN1C(=O)c2ccccc2C1=O.Cl. The Morgan fingerprint density at radius 3 is 2.00 bits per heavy atom. The van der Waals surface area contributed by atoms with Crippen molar-refractivity contribution in [3.63, 3.8) is 0 Å². The number of phenolic OH excluding ortho intramolecular Hbond substituents is 1. The predicted octanol–water partition coefficient (Wildman–Crippen LogP) is 2.60. The van der Waals surface area contributed by atoms with Crippen molar-refractivity contribution in [1.82, 2.24) is 4.90 Å². The molecule has 5 nitrogen and oxygen atoms in total. The molecule has 3 rings (SSSR count). The Hall–Kier alpha value is -2.37. The van der Waals surface area contributed by atoms with E-state index in [9.17, 15) is 14.7 Å². The fourth-order valence-electron chi connectivity index (χ4n) is 3.26. The number of carbonyl (C=O) groups is 2. The Balaban J connectivity index is 0.00000225. The highest BCUT2D eigenvalue weighted by Crippen LogP contribution is 2.24. The Kier molecular flexibility index (Phi) is 5.50. The zero-order chi connectivity index (χ0) is 17.4. The standard InChI is InChI=1S/C19H20N2O3.ClH/c1-11-7-14(22)8-12(2)17(11)9-13(20)10-21-18(23)15-5-3-4-6-16(15)19(21)24;/h3-8,13,22H,9-10,20H2,1-2H3;1H/t13-;/m0./s1. The van der Waals surface area contributed by atoms with Crippen molar-refractivity contribution < 1.29 is 14.7 Å². The van der Waals surface area contributed by atoms with Gasteiger partial charge in [0.1, 0.15) is 5.75 Å². The van der Waals surface area contributed by atoms with Gasteiger partial charge in [-0.3, -0.25) is 14.5 Å². The minimum atomic E-state index is -0.367. The summed E-state index contributed by atoms with van der Waals surface area (Å²) in [6, 6.07) is 9.83. The second-order valence-electron chi connectivity index (χ2n) is 6.29. The second kappa shape index (κ2) is 7.25. The zero-order valence-corrected chi connectivity index (χ0v) is 15.0. The molecule has 1 aliphatic rings. The first-order valence-electron chi connectivity index (χ1n) is 7.88. The van der Waals surface area contributed by atoms with Gasteiger partial charge in [0, 0.05) is 12.6 Å². The molecule has 6 heteroatoms. The highest BCUT2D eigenvalue weighted by molar-refractivity contribution is 6.21. The molecule has 0 saturated heterocycles. The van der Waals surface area contributed by atoms with Crippen molar-refractivity contribution in [1.29, 1.82) is 0 Å². The zero-order valence-electron chi connectivity index (χ0n) is 14.2. The lowest BCUT2D eigenvalue weighted by Crippen LogP contribution is -2.42. The van der Waals surface area contributed by atoms with Gasteiger partial charge in [-0.15, -0.1) is 12.4 Å². The summed E-state index contributed by atoms with van der Waals surface area (Å²) >= 11 is 0. The summed E-state index contributed by atoms with van der Waals surface area (Å²) < 4.78 is 0. The fraction of sp³-hybridized carbons (Fsp3) is 0.263. The van der Waals surface area contributed by atoms with Crippen molar-refractivity contribution in [2.24, 2.45) is 5.73 Å². The van der Waals surface area contributed by atoms with Gasteiger partial charge in [-0.1, -0.05) is 12.1 Å². The molecule has 0 saturated carbocycles. The van der Waals surface area contributed by atoms with Gasteiger partial charge in [0.15, 0.2) is 0 Å². The minimum absolute atomic E-state index is 0. The van der Waals surface area contributed by atoms with Gasteiger partial charge in [-0.2, -0.15) is 0 Å². The molecular formula is C19H21ClN2O3. The van der Waals surface area contributed by atoms with Crippen molar-refractivity contribution in [3.8, 4) is 5.75 Å². The van der Waals surface area contributed by atoms with Gasteiger partial charge < -0.3 is 10.8 Å². The van der Waals surface area contributed by atoms with E-state index in [0.717, 1.165) is 16.7 Å². The Morgan fingerprint density at radius 2 is 1.52 bits per heavy atom. The third-order valence-electron chi connectivity index (χ3n) is 4.44. The van der Waals surface area contributed by atoms with E-state index in [4.69, 9.17) is 5.73 Å². The predicted molar refractivity (Wildman–Crippen MR) is 98.3 cm³/mol. The van der Waals surface area contributed by atoms with Crippen molar-refractivity contribution in [2.75, 3.05) is 6.54 Å². The lowest BCUT2D eigenvalue weighted by molar-refractivity contribution is 0.0644. The molecule has 2 aromatic rings. The highest BCUT2D eigenvalue weighted by Gasteiger charge is 2.35. The number of aryl methyl sites for hydroxylation is 2. The van der Waals surface area contributed by atoms with E-state index in [0.29, 0.717) is 17.5 Å². The van der Waals surface area contributed by atoms with Crippen LogP contribution < -0.4 is 5.73 Å². The Labute approximate surface area is 152 Å². The first-order valence-corrected chi connectivity index (χ1v) is 7.88. The molecule has 3 N–H and O–H groups in total. The van der Waals surface area contributed by atoms with Crippen LogP contribution in [-0.4, -0.2) is 34.4 Å². The molecule has 1 heterocycles. The quantitative estimate of drug-likeness (QED) is 0.821. The average molecular weight is 361 g/mol. The number of rotatable bonds is 4. The number of phenols is 1. The van der Waals surface area contributed by atoms with Gasteiger partial charge in [-0.25, -0.2) is 0 Å². The first-order chi connectivity index (χ1) is 11.4. The van der Waals surface area contributed by atoms with E-state index in [-0.39, 0.29) is 42.6 Å². The number of nitrogens with two attached hydrogens (primary N) is 1. The smallest absolute Gasteiger partial charge is 0.261 e. The number of imide groups is 1. The molecule has 1 atom stereocenters. The number of benzene rings is 2. The third kappa shape index (κ3) is 3.52. The van der Waals surface area contributed by atoms with Crippen LogP contribution in [0.25, 0.3) is 0 Å². The summed E-state index contributed by atoms with van der Waals surface area (Å²) in [5.74, 6) is -0.349. The van der Waals surface area contributed by atoms with Crippen LogP contribution in [0.4, 0.5) is 0 Å². The molecule has 0 radical (unpaired) electrons. The maximum absolute atomic E-state index is 12.4. The maximum atomic E-state index is 12.4. The molecule has 2 amide bonds. The van der Waals surface area contributed by atoms with Crippen LogP contribution >= 0.6 is 12.4 Å². The third-order valence-corrected chi connectivity index (χ3v) is 4.44. The number of fused-ring (bicyclic) bond motifs is 1. The minimum Gasteiger partial charge on any atom is -0.508 e. The molecule has 25 heavy (non-hydrogen) atoms. The molecule has 1 aliphatic heterocycles. The summed E-state index contributed by atoms with van der Waals surface area (Å²) in [4.78, 5) is 26.0. The number of hydrogen-bond acceptors (Lipinski definition) is 4. The summed E-state index contributed by atoms with van der Waals surface area (Å²) in [5, 5.41) is 9.62. The van der Waals surface area contributed by atoms with E-state index in [1.807, 2.05) is 13.8 Å². The molecule has 0 spiro atoms. The van der Waals surface area contributed by atoms with Crippen molar-refractivity contribution >= 4 is 24.2 Å². The van der Waals surface area contributed by atoms with E-state index >= 15 is 0 Å². The number of halogens is 1. The normalized spacial score (nSPS) is 14.3. The summed E-state index contributed by atoms with van der Waals surface area (Å²) in [5.41, 5.74) is 10.0. The first kappa shape index (κ1) is 19.0. The van der Waals surface area contributed by atoms with E-state index < -0.39 is 0 Å². The monoisotopic (exact) mass is 360 g/mol. The molecule has 0 aliphatic carbocycles. The second-order valence-corrected chi connectivity index (χ2v) is 6.29. The van der Waals surface area contributed by atoms with Crippen LogP contribution in [-0.2, 0) is 6.42 Å². The summed E-state index contributed by atoms with van der Waals surface area (Å²) in [7, 11) is 0. The summed E-state index contributed by atoms with van der Waals surface area (Å²) in [6.07, 6.45) is 0.533. The number of carbonyl (C=O) groups excluding carboxylic acids is 2. The van der Waals surface area contributed by atoms with Crippen LogP contribution in [0.2, 0.25) is 0 Å². The Morgan fingerprint density at radius 1 is 1.04 bits per heavy atom. The van der Waals surface area contributed by atoms with Crippen LogP contribution in [0.3, 0.4) is 0 Å². The molecular weight excluding hydrogens is 340 g/mol. The van der Waals surface area contributed by atoms with E-state index in [2.05, 4.69) is 0 Å². The van der Waals surface area contributed by atoms with Crippen molar-refractivity contribution in [2.45, 2.75) is 26.3 Å². The molecule has 132 valence electrons. The molecule has 0 unspecified atom stereocenters.